The van der Waals surface area contributed by atoms with Crippen LogP contribution < -0.4 is 10.6 Å². The van der Waals surface area contributed by atoms with E-state index in [4.69, 9.17) is 4.84 Å². The molecule has 0 aliphatic heterocycles. The Labute approximate surface area is 243 Å². The van der Waals surface area contributed by atoms with Crippen LogP contribution in [-0.2, 0) is 10.5 Å². The lowest BCUT2D eigenvalue weighted by Crippen LogP contribution is -2.50. The fraction of sp³-hybridized carbons (Fsp3) is 0.222. The number of hydrogen-bond donors (Lipinski definition) is 2. The van der Waals surface area contributed by atoms with E-state index in [9.17, 15) is 40.3 Å². The van der Waals surface area contributed by atoms with Crippen molar-refractivity contribution in [3.05, 3.63) is 98.1 Å². The zero-order valence-electron chi connectivity index (χ0n) is 21.3. The number of hydrogen-bond acceptors (Lipinski definition) is 4. The van der Waals surface area contributed by atoms with Gasteiger partial charge in [0.15, 0.2) is 0 Å². The van der Waals surface area contributed by atoms with Crippen molar-refractivity contribution < 1.29 is 45.2 Å². The molecule has 3 aromatic carbocycles. The number of aryl methyl sites for hydroxylation is 1. The predicted molar refractivity (Wildman–Crippen MR) is 146 cm³/mol. The number of amides is 2. The summed E-state index contributed by atoms with van der Waals surface area (Å²) in [6.45, 7) is 1.03. The minimum Gasteiger partial charge on any atom is -0.399 e. The third kappa shape index (κ3) is 6.80. The van der Waals surface area contributed by atoms with Crippen LogP contribution in [0.5, 0.6) is 0 Å². The summed E-state index contributed by atoms with van der Waals surface area (Å²) < 4.78 is 93.7. The highest BCUT2D eigenvalue weighted by Gasteiger charge is 2.73. The summed E-state index contributed by atoms with van der Waals surface area (Å²) >= 11 is 1.83. The van der Waals surface area contributed by atoms with Crippen LogP contribution in [0.15, 0.2) is 71.9 Å². The average Bonchev–Trinajstić information content (AvgIpc) is 2.90. The number of rotatable bonds is 8. The van der Waals surface area contributed by atoms with Crippen LogP contribution in [0.25, 0.3) is 0 Å². The quantitative estimate of drug-likeness (QED) is 0.116. The molecule has 0 bridgehead atoms. The van der Waals surface area contributed by atoms with E-state index in [1.54, 1.807) is 36.4 Å². The van der Waals surface area contributed by atoms with Crippen LogP contribution in [-0.4, -0.2) is 43.5 Å². The second kappa shape index (κ2) is 12.4. The van der Waals surface area contributed by atoms with Crippen molar-refractivity contribution in [3.63, 3.8) is 0 Å². The molecule has 3 rings (SSSR count). The van der Waals surface area contributed by atoms with Crippen molar-refractivity contribution >= 4 is 45.8 Å². The van der Waals surface area contributed by atoms with Gasteiger partial charge in [0.25, 0.3) is 11.8 Å². The van der Waals surface area contributed by atoms with Gasteiger partial charge >= 0.3 is 18.0 Å². The molecular weight excluding hydrogens is 674 g/mol. The molecule has 218 valence electrons. The summed E-state index contributed by atoms with van der Waals surface area (Å²) in [4.78, 5) is 31.1. The fourth-order valence-corrected chi connectivity index (χ4v) is 4.56. The molecule has 0 saturated heterocycles. The topological polar surface area (TPSA) is 79.8 Å². The summed E-state index contributed by atoms with van der Waals surface area (Å²) in [6.07, 6.45) is -12.6. The van der Waals surface area contributed by atoms with Crippen molar-refractivity contribution in [1.29, 1.82) is 0 Å². The molecule has 0 aliphatic carbocycles. The van der Waals surface area contributed by atoms with Gasteiger partial charge in [0.05, 0.1) is 17.7 Å². The SMILES string of the molecule is CO/N=C(/CNC(=O)c1c(I)cccc1C(=O)Nc1ccc(C(F)(C(F)(F)F)C(F)(F)F)cc1C)c1ccccc1. The second-order valence-corrected chi connectivity index (χ2v) is 9.73. The van der Waals surface area contributed by atoms with Gasteiger partial charge < -0.3 is 15.5 Å². The highest BCUT2D eigenvalue weighted by molar-refractivity contribution is 14.1. The number of nitrogens with one attached hydrogen (secondary N) is 2. The Morgan fingerprint density at radius 3 is 2.07 bits per heavy atom. The van der Waals surface area contributed by atoms with Crippen LogP contribution in [0.3, 0.4) is 0 Å². The van der Waals surface area contributed by atoms with Gasteiger partial charge in [-0.1, -0.05) is 53.7 Å². The van der Waals surface area contributed by atoms with E-state index >= 15 is 0 Å². The van der Waals surface area contributed by atoms with Crippen molar-refractivity contribution in [2.45, 2.75) is 24.9 Å². The zero-order chi connectivity index (χ0) is 30.6. The van der Waals surface area contributed by atoms with Crippen molar-refractivity contribution in [2.75, 3.05) is 19.0 Å². The number of halogens is 8. The number of carbonyl (C=O) groups is 2. The molecule has 0 radical (unpaired) electrons. The van der Waals surface area contributed by atoms with Crippen molar-refractivity contribution in [1.82, 2.24) is 5.32 Å². The standard InChI is InChI=1S/C27H21F7IN3O3/c1-15-13-17(25(28,26(29,30)31)27(32,33)34)11-12-20(15)37-23(39)18-9-6-10-19(35)22(18)24(40)36-14-21(38-41-2)16-7-4-3-5-8-16/h3-13H,14H2,1-2H3,(H,36,40)(H,37,39)/b38-21-. The molecule has 0 fully saturated rings. The van der Waals surface area contributed by atoms with Gasteiger partial charge in [0, 0.05) is 20.4 Å². The molecule has 0 aromatic heterocycles. The number of oxime groups is 1. The molecule has 0 saturated carbocycles. The van der Waals surface area contributed by atoms with Gasteiger partial charge in [-0.25, -0.2) is 4.39 Å². The van der Waals surface area contributed by atoms with E-state index in [1.165, 1.54) is 19.2 Å². The van der Waals surface area contributed by atoms with Crippen LogP contribution in [0, 0.1) is 10.5 Å². The van der Waals surface area contributed by atoms with Gasteiger partial charge in [-0.05, 0) is 53.3 Å². The lowest BCUT2D eigenvalue weighted by atomic mass is 9.92. The maximum absolute atomic E-state index is 14.5. The van der Waals surface area contributed by atoms with Crippen LogP contribution >= 0.6 is 22.6 Å². The van der Waals surface area contributed by atoms with E-state index in [0.29, 0.717) is 27.0 Å². The fourth-order valence-electron chi connectivity index (χ4n) is 3.82. The second-order valence-electron chi connectivity index (χ2n) is 8.57. The number of alkyl halides is 7. The molecule has 0 atom stereocenters. The first-order chi connectivity index (χ1) is 19.1. The van der Waals surface area contributed by atoms with Crippen LogP contribution in [0.4, 0.5) is 36.4 Å². The molecule has 2 amide bonds. The van der Waals surface area contributed by atoms with Gasteiger partial charge in [0.1, 0.15) is 12.8 Å². The Hall–Kier alpha value is -3.69. The lowest BCUT2D eigenvalue weighted by molar-refractivity contribution is -0.348. The smallest absolute Gasteiger partial charge is 0.399 e. The van der Waals surface area contributed by atoms with E-state index in [0.717, 1.165) is 13.0 Å². The van der Waals surface area contributed by atoms with E-state index in [1.807, 2.05) is 22.6 Å². The molecule has 0 aliphatic rings. The summed E-state index contributed by atoms with van der Waals surface area (Å²) in [6, 6.07) is 14.6. The monoisotopic (exact) mass is 695 g/mol. The minimum atomic E-state index is -6.28. The summed E-state index contributed by atoms with van der Waals surface area (Å²) in [5, 5.41) is 8.94. The highest BCUT2D eigenvalue weighted by Crippen LogP contribution is 2.53. The lowest BCUT2D eigenvalue weighted by Gasteiger charge is -2.30. The molecule has 0 spiro atoms. The van der Waals surface area contributed by atoms with Gasteiger partial charge in [-0.15, -0.1) is 0 Å². The molecular formula is C27H21F7IN3O3. The van der Waals surface area contributed by atoms with E-state index in [-0.39, 0.29) is 28.9 Å². The predicted octanol–water partition coefficient (Wildman–Crippen LogP) is 6.92. The van der Waals surface area contributed by atoms with Crippen molar-refractivity contribution in [2.24, 2.45) is 5.16 Å². The molecule has 0 unspecified atom stereocenters. The molecule has 14 heteroatoms. The molecule has 41 heavy (non-hydrogen) atoms. The van der Waals surface area contributed by atoms with E-state index < -0.39 is 35.4 Å². The minimum absolute atomic E-state index is 0.0402. The van der Waals surface area contributed by atoms with Crippen LogP contribution in [0.2, 0.25) is 0 Å². The first kappa shape index (κ1) is 31.8. The molecule has 6 nitrogen and oxygen atoms in total. The van der Waals surface area contributed by atoms with Crippen LogP contribution in [0.1, 0.15) is 37.4 Å². The Balaban J connectivity index is 1.88. The Kier molecular flexibility index (Phi) is 9.66. The number of benzene rings is 3. The summed E-state index contributed by atoms with van der Waals surface area (Å²) in [5.74, 6) is -1.54. The number of carbonyl (C=O) groups excluding carboxylic acids is 2. The van der Waals surface area contributed by atoms with Crippen molar-refractivity contribution in [3.8, 4) is 0 Å². The summed E-state index contributed by atoms with van der Waals surface area (Å²) in [5.41, 5.74) is -6.87. The third-order valence-corrected chi connectivity index (χ3v) is 6.76. The zero-order valence-corrected chi connectivity index (χ0v) is 23.4. The molecule has 0 heterocycles. The maximum Gasteiger partial charge on any atom is 0.435 e. The Morgan fingerprint density at radius 2 is 1.51 bits per heavy atom. The largest absolute Gasteiger partial charge is 0.435 e. The van der Waals surface area contributed by atoms with E-state index in [2.05, 4.69) is 15.8 Å². The molecule has 2 N–H and O–H groups in total. The highest BCUT2D eigenvalue weighted by atomic mass is 127. The van der Waals surface area contributed by atoms with Gasteiger partial charge in [-0.3, -0.25) is 9.59 Å². The number of nitrogens with zero attached hydrogens (tertiary/aromatic N) is 1. The first-order valence-corrected chi connectivity index (χ1v) is 12.7. The first-order valence-electron chi connectivity index (χ1n) is 11.6. The maximum atomic E-state index is 14.5. The average molecular weight is 695 g/mol. The summed E-state index contributed by atoms with van der Waals surface area (Å²) in [7, 11) is 1.33. The third-order valence-electron chi connectivity index (χ3n) is 5.86. The Morgan fingerprint density at radius 1 is 0.878 bits per heavy atom. The Bertz CT molecular complexity index is 1440. The molecule has 3 aromatic rings. The number of anilines is 1. The normalized spacial score (nSPS) is 12.6. The van der Waals surface area contributed by atoms with Gasteiger partial charge in [-0.2, -0.15) is 26.3 Å². The van der Waals surface area contributed by atoms with Gasteiger partial charge in [0.2, 0.25) is 0 Å².